The third-order valence-corrected chi connectivity index (χ3v) is 6.46. The average molecular weight is 394 g/mol. The highest BCUT2D eigenvalue weighted by Crippen LogP contribution is 2.48. The molecule has 1 fully saturated rings. The number of thiazole rings is 1. The molecule has 7 heteroatoms. The smallest absolute Gasteiger partial charge is 0.220 e. The first-order valence-corrected chi connectivity index (χ1v) is 10.2. The van der Waals surface area contributed by atoms with Crippen molar-refractivity contribution in [1.29, 1.82) is 0 Å². The van der Waals surface area contributed by atoms with Crippen LogP contribution in [0.25, 0.3) is 21.3 Å². The van der Waals surface area contributed by atoms with Gasteiger partial charge in [-0.05, 0) is 43.5 Å². The second-order valence-electron chi connectivity index (χ2n) is 7.40. The van der Waals surface area contributed by atoms with Crippen LogP contribution in [-0.4, -0.2) is 20.9 Å². The molecule has 5 rings (SSSR count). The maximum Gasteiger partial charge on any atom is 0.220 e. The molecule has 1 aliphatic rings. The van der Waals surface area contributed by atoms with Crippen LogP contribution in [0.3, 0.4) is 0 Å². The molecule has 0 bridgehead atoms. The minimum atomic E-state index is -0.300. The topological polar surface area (TPSA) is 70.7 Å². The van der Waals surface area contributed by atoms with Gasteiger partial charge in [-0.2, -0.15) is 0 Å². The summed E-state index contributed by atoms with van der Waals surface area (Å²) in [5.74, 6) is 1.32. The molecule has 1 amide bonds. The Labute approximate surface area is 165 Å². The van der Waals surface area contributed by atoms with E-state index >= 15 is 0 Å². The third-order valence-electron chi connectivity index (χ3n) is 5.24. The number of carbonyl (C=O) groups is 1. The summed E-state index contributed by atoms with van der Waals surface area (Å²) in [6.07, 6.45) is 1.45. The summed E-state index contributed by atoms with van der Waals surface area (Å²) >= 11 is 1.48. The van der Waals surface area contributed by atoms with Crippen molar-refractivity contribution < 1.29 is 9.18 Å². The molecule has 2 heterocycles. The van der Waals surface area contributed by atoms with Gasteiger partial charge in [0, 0.05) is 18.4 Å². The molecule has 2 N–H and O–H groups in total. The zero-order chi connectivity index (χ0) is 19.3. The first-order valence-electron chi connectivity index (χ1n) is 9.37. The Balaban J connectivity index is 1.21. The van der Waals surface area contributed by atoms with Gasteiger partial charge >= 0.3 is 0 Å². The number of aromatic amines is 1. The van der Waals surface area contributed by atoms with Gasteiger partial charge in [-0.15, -0.1) is 11.3 Å². The summed E-state index contributed by atoms with van der Waals surface area (Å²) in [7, 11) is 0. The van der Waals surface area contributed by atoms with E-state index in [9.17, 15) is 9.18 Å². The lowest BCUT2D eigenvalue weighted by Crippen LogP contribution is -2.26. The van der Waals surface area contributed by atoms with Gasteiger partial charge in [0.05, 0.1) is 27.3 Å². The molecule has 1 saturated carbocycles. The number of H-pyrrole nitrogens is 1. The Bertz CT molecular complexity index is 1150. The fraction of sp³-hybridized carbons (Fsp3) is 0.286. The van der Waals surface area contributed by atoms with E-state index in [0.29, 0.717) is 23.8 Å². The van der Waals surface area contributed by atoms with Crippen molar-refractivity contribution >= 4 is 38.5 Å². The number of carbonyl (C=O) groups excluding carboxylic acids is 1. The van der Waals surface area contributed by atoms with Gasteiger partial charge < -0.3 is 10.3 Å². The number of benzene rings is 2. The quantitative estimate of drug-likeness (QED) is 0.516. The summed E-state index contributed by atoms with van der Waals surface area (Å²) in [6.45, 7) is 1.91. The highest BCUT2D eigenvalue weighted by Gasteiger charge is 2.41. The van der Waals surface area contributed by atoms with Gasteiger partial charge in [-0.3, -0.25) is 4.79 Å². The summed E-state index contributed by atoms with van der Waals surface area (Å²) in [6, 6.07) is 12.3. The van der Waals surface area contributed by atoms with Crippen LogP contribution >= 0.6 is 11.3 Å². The van der Waals surface area contributed by atoms with Crippen molar-refractivity contribution in [3.05, 3.63) is 59.1 Å². The summed E-state index contributed by atoms with van der Waals surface area (Å²) in [5, 5.41) is 3.82. The number of aromatic nitrogens is 3. The van der Waals surface area contributed by atoms with Crippen LogP contribution in [0.2, 0.25) is 0 Å². The number of para-hydroxylation sites is 2. The number of rotatable bonds is 5. The number of fused-ring (bicyclic) bond motifs is 2. The Morgan fingerprint density at radius 2 is 2.14 bits per heavy atom. The van der Waals surface area contributed by atoms with E-state index in [1.54, 1.807) is 6.07 Å². The highest BCUT2D eigenvalue weighted by atomic mass is 32.1. The number of amides is 1. The van der Waals surface area contributed by atoms with E-state index in [2.05, 4.69) is 20.3 Å². The zero-order valence-electron chi connectivity index (χ0n) is 15.3. The molecule has 28 heavy (non-hydrogen) atoms. The third kappa shape index (κ3) is 3.26. The fourth-order valence-electron chi connectivity index (χ4n) is 3.66. The molecule has 1 aliphatic carbocycles. The Kier molecular flexibility index (Phi) is 4.12. The fourth-order valence-corrected chi connectivity index (χ4v) is 4.61. The predicted molar refractivity (Wildman–Crippen MR) is 108 cm³/mol. The van der Waals surface area contributed by atoms with Gasteiger partial charge in [0.2, 0.25) is 5.91 Å². The number of hydrogen-bond donors (Lipinski definition) is 2. The summed E-state index contributed by atoms with van der Waals surface area (Å²) in [5.41, 5.74) is 2.63. The molecule has 0 spiro atoms. The normalized spacial score (nSPS) is 19.8. The predicted octanol–water partition coefficient (Wildman–Crippen LogP) is 4.68. The minimum absolute atomic E-state index is 0.0153. The van der Waals surface area contributed by atoms with E-state index < -0.39 is 0 Å². The standard InChI is InChI=1S/C21H19FN4OS/c1-11(21-26-17-10-13(22)6-7-18(17)28-21)23-19(27)9-12-8-14(12)20-24-15-4-2-3-5-16(15)25-20/h2-7,10-12,14H,8-9H2,1H3,(H,23,27)(H,24,25)/t11-,12-,14-/m0/s1. The van der Waals surface area contributed by atoms with Crippen LogP contribution in [-0.2, 0) is 4.79 Å². The van der Waals surface area contributed by atoms with Crippen molar-refractivity contribution in [2.45, 2.75) is 31.7 Å². The first-order chi connectivity index (χ1) is 13.6. The number of hydrogen-bond acceptors (Lipinski definition) is 4. The lowest BCUT2D eigenvalue weighted by molar-refractivity contribution is -0.122. The highest BCUT2D eigenvalue weighted by molar-refractivity contribution is 7.18. The van der Waals surface area contributed by atoms with Crippen LogP contribution in [0.1, 0.15) is 42.6 Å². The summed E-state index contributed by atoms with van der Waals surface area (Å²) < 4.78 is 14.3. The van der Waals surface area contributed by atoms with E-state index in [1.165, 1.54) is 23.5 Å². The lowest BCUT2D eigenvalue weighted by atomic mass is 10.2. The second kappa shape index (κ2) is 6.67. The molecule has 2 aromatic carbocycles. The Morgan fingerprint density at radius 1 is 1.29 bits per heavy atom. The molecule has 0 aliphatic heterocycles. The molecule has 4 aromatic rings. The molecule has 5 nitrogen and oxygen atoms in total. The SMILES string of the molecule is C[C@H](NC(=O)C[C@@H]1C[C@@H]1c1nc2ccccc2[nH]1)c1nc2cc(F)ccc2s1. The average Bonchev–Trinajstić information content (AvgIpc) is 3.12. The molecule has 2 aromatic heterocycles. The monoisotopic (exact) mass is 394 g/mol. The molecule has 0 radical (unpaired) electrons. The summed E-state index contributed by atoms with van der Waals surface area (Å²) in [4.78, 5) is 24.9. The van der Waals surface area contributed by atoms with Crippen molar-refractivity contribution in [2.24, 2.45) is 5.92 Å². The molecule has 0 saturated heterocycles. The minimum Gasteiger partial charge on any atom is -0.347 e. The van der Waals surface area contributed by atoms with Crippen LogP contribution in [0.5, 0.6) is 0 Å². The Morgan fingerprint density at radius 3 is 3.00 bits per heavy atom. The van der Waals surface area contributed by atoms with Gasteiger partial charge in [-0.1, -0.05) is 12.1 Å². The number of nitrogens with zero attached hydrogens (tertiary/aromatic N) is 2. The van der Waals surface area contributed by atoms with Crippen molar-refractivity contribution in [2.75, 3.05) is 0 Å². The van der Waals surface area contributed by atoms with Gasteiger partial charge in [0.25, 0.3) is 0 Å². The van der Waals surface area contributed by atoms with Crippen LogP contribution < -0.4 is 5.32 Å². The molecule has 0 unspecified atom stereocenters. The molecule has 3 atom stereocenters. The van der Waals surface area contributed by atoms with E-state index in [4.69, 9.17) is 0 Å². The number of nitrogens with one attached hydrogen (secondary N) is 2. The second-order valence-corrected chi connectivity index (χ2v) is 8.46. The number of imidazole rings is 1. The van der Waals surface area contributed by atoms with E-state index in [0.717, 1.165) is 33.0 Å². The van der Waals surface area contributed by atoms with Gasteiger partial charge in [0.15, 0.2) is 0 Å². The van der Waals surface area contributed by atoms with E-state index in [-0.39, 0.29) is 17.8 Å². The zero-order valence-corrected chi connectivity index (χ0v) is 16.1. The molecular formula is C21H19FN4OS. The van der Waals surface area contributed by atoms with Crippen molar-refractivity contribution in [3.63, 3.8) is 0 Å². The largest absolute Gasteiger partial charge is 0.347 e. The first kappa shape index (κ1) is 17.3. The van der Waals surface area contributed by atoms with Crippen LogP contribution in [0.4, 0.5) is 4.39 Å². The van der Waals surface area contributed by atoms with Crippen molar-refractivity contribution in [1.82, 2.24) is 20.3 Å². The van der Waals surface area contributed by atoms with Gasteiger partial charge in [-0.25, -0.2) is 14.4 Å². The Hall–Kier alpha value is -2.80. The van der Waals surface area contributed by atoms with E-state index in [1.807, 2.05) is 31.2 Å². The molecular weight excluding hydrogens is 375 g/mol. The molecule has 142 valence electrons. The van der Waals surface area contributed by atoms with Crippen molar-refractivity contribution in [3.8, 4) is 0 Å². The maximum absolute atomic E-state index is 13.3. The number of halogens is 1. The van der Waals surface area contributed by atoms with Gasteiger partial charge in [0.1, 0.15) is 16.6 Å². The van der Waals surface area contributed by atoms with Crippen LogP contribution in [0, 0.1) is 11.7 Å². The maximum atomic E-state index is 13.3. The van der Waals surface area contributed by atoms with Crippen LogP contribution in [0.15, 0.2) is 42.5 Å². The lowest BCUT2D eigenvalue weighted by Gasteiger charge is -2.10.